The molecule has 0 spiro atoms. The molecule has 0 fully saturated rings. The number of nitrogens with one attached hydrogen (secondary N) is 1. The zero-order valence-electron chi connectivity index (χ0n) is 19.7. The maximum Gasteiger partial charge on any atom is 0.337 e. The average Bonchev–Trinajstić information content (AvgIpc) is 2.86. The molecule has 0 aromatic heterocycles. The Hall–Kier alpha value is -3.80. The second-order valence-electron chi connectivity index (χ2n) is 8.42. The number of hydrogen-bond acceptors (Lipinski definition) is 6. The molecule has 176 valence electrons. The molecule has 2 aromatic rings. The molecular weight excluding hydrogens is 430 g/mol. The van der Waals surface area contributed by atoms with Gasteiger partial charge in [-0.15, -0.1) is 0 Å². The number of carbonyl (C=O) groups is 2. The number of Topliss-reactive ketones (excluding diaryl/α,β-unsaturated/α-hetero) is 1. The first-order valence-corrected chi connectivity index (χ1v) is 11.3. The van der Waals surface area contributed by atoms with Gasteiger partial charge in [0.1, 0.15) is 18.1 Å². The Morgan fingerprint density at radius 3 is 2.56 bits per heavy atom. The minimum Gasteiger partial charge on any atom is -0.497 e. The van der Waals surface area contributed by atoms with Crippen LogP contribution < -0.4 is 14.8 Å². The van der Waals surface area contributed by atoms with Crippen LogP contribution in [0.15, 0.2) is 83.7 Å². The highest BCUT2D eigenvalue weighted by molar-refractivity contribution is 6.04. The highest BCUT2D eigenvalue weighted by Gasteiger charge is 2.42. The summed E-state index contributed by atoms with van der Waals surface area (Å²) in [5.41, 5.74) is 4.26. The number of rotatable bonds is 7. The SMILES string of the molecule is C=CCOC(=O)C1=C(C)NC2=C(C(=O)CC(c3ccccc3)C2)C1c1cc(OC)ccc1OC. The van der Waals surface area contributed by atoms with Gasteiger partial charge < -0.3 is 19.5 Å². The lowest BCUT2D eigenvalue weighted by molar-refractivity contribution is -0.138. The van der Waals surface area contributed by atoms with Crippen molar-refractivity contribution >= 4 is 11.8 Å². The van der Waals surface area contributed by atoms with Crippen molar-refractivity contribution in [2.45, 2.75) is 31.6 Å². The number of dihydropyridines is 1. The topological polar surface area (TPSA) is 73.9 Å². The van der Waals surface area contributed by atoms with Crippen LogP contribution in [0, 0.1) is 0 Å². The van der Waals surface area contributed by atoms with E-state index in [1.165, 1.54) is 6.08 Å². The van der Waals surface area contributed by atoms with Gasteiger partial charge in [-0.25, -0.2) is 4.79 Å². The standard InChI is InChI=1S/C28H29NO5/c1-5-13-34-28(31)25-17(2)29-22-14-19(18-9-7-6-8-10-18)15-23(30)27(22)26(25)21-16-20(32-3)11-12-24(21)33-4/h5-12,16,19,26,29H,1,13-15H2,2-4H3. The molecular formula is C28H29NO5. The van der Waals surface area contributed by atoms with Crippen LogP contribution >= 0.6 is 0 Å². The molecule has 4 rings (SSSR count). The fraction of sp³-hybridized carbons (Fsp3) is 0.286. The van der Waals surface area contributed by atoms with Gasteiger partial charge in [0.25, 0.3) is 0 Å². The van der Waals surface area contributed by atoms with Gasteiger partial charge in [-0.2, -0.15) is 0 Å². The van der Waals surface area contributed by atoms with Gasteiger partial charge in [-0.05, 0) is 43.0 Å². The summed E-state index contributed by atoms with van der Waals surface area (Å²) in [5, 5.41) is 3.36. The smallest absolute Gasteiger partial charge is 0.337 e. The summed E-state index contributed by atoms with van der Waals surface area (Å²) in [5.74, 6) is 0.110. The zero-order valence-corrected chi connectivity index (χ0v) is 19.7. The Kier molecular flexibility index (Phi) is 6.87. The third-order valence-corrected chi connectivity index (χ3v) is 6.40. The molecule has 0 amide bonds. The second-order valence-corrected chi connectivity index (χ2v) is 8.42. The summed E-state index contributed by atoms with van der Waals surface area (Å²) >= 11 is 0. The van der Waals surface area contributed by atoms with Crippen molar-refractivity contribution < 1.29 is 23.8 Å². The minimum atomic E-state index is -0.636. The summed E-state index contributed by atoms with van der Waals surface area (Å²) in [6, 6.07) is 15.4. The lowest BCUT2D eigenvalue weighted by atomic mass is 9.71. The molecule has 1 aliphatic carbocycles. The molecule has 2 unspecified atom stereocenters. The number of methoxy groups -OCH3 is 2. The Morgan fingerprint density at radius 2 is 1.88 bits per heavy atom. The normalized spacial score (nSPS) is 19.8. The lowest BCUT2D eigenvalue weighted by Gasteiger charge is -2.37. The zero-order chi connectivity index (χ0) is 24.2. The van der Waals surface area contributed by atoms with Gasteiger partial charge in [0.15, 0.2) is 5.78 Å². The van der Waals surface area contributed by atoms with E-state index in [1.807, 2.05) is 31.2 Å². The van der Waals surface area contributed by atoms with Crippen LogP contribution in [0.1, 0.15) is 42.7 Å². The first kappa shape index (κ1) is 23.4. The van der Waals surface area contributed by atoms with Gasteiger partial charge in [0, 0.05) is 29.0 Å². The van der Waals surface area contributed by atoms with Crippen molar-refractivity contribution in [3.63, 3.8) is 0 Å². The van der Waals surface area contributed by atoms with Gasteiger partial charge in [-0.3, -0.25) is 4.79 Å². The maximum atomic E-state index is 13.7. The van der Waals surface area contributed by atoms with E-state index < -0.39 is 11.9 Å². The Labute approximate surface area is 199 Å². The predicted octanol–water partition coefficient (Wildman–Crippen LogP) is 4.79. The van der Waals surface area contributed by atoms with E-state index in [4.69, 9.17) is 14.2 Å². The van der Waals surface area contributed by atoms with Gasteiger partial charge >= 0.3 is 5.97 Å². The van der Waals surface area contributed by atoms with E-state index >= 15 is 0 Å². The van der Waals surface area contributed by atoms with Crippen molar-refractivity contribution in [1.29, 1.82) is 0 Å². The monoisotopic (exact) mass is 459 g/mol. The molecule has 2 aliphatic rings. The van der Waals surface area contributed by atoms with Crippen molar-refractivity contribution in [2.75, 3.05) is 20.8 Å². The molecule has 0 bridgehead atoms. The molecule has 0 saturated heterocycles. The van der Waals surface area contributed by atoms with Gasteiger partial charge in [-0.1, -0.05) is 43.0 Å². The van der Waals surface area contributed by atoms with E-state index in [9.17, 15) is 9.59 Å². The number of allylic oxidation sites excluding steroid dienone is 3. The first-order valence-electron chi connectivity index (χ1n) is 11.3. The summed E-state index contributed by atoms with van der Waals surface area (Å²) in [6.07, 6.45) is 2.55. The van der Waals surface area contributed by atoms with E-state index in [0.717, 1.165) is 11.3 Å². The molecule has 0 radical (unpaired) electrons. The lowest BCUT2D eigenvalue weighted by Crippen LogP contribution is -2.36. The summed E-state index contributed by atoms with van der Waals surface area (Å²) in [7, 11) is 3.15. The summed E-state index contributed by atoms with van der Waals surface area (Å²) in [6.45, 7) is 5.54. The number of benzene rings is 2. The minimum absolute atomic E-state index is 0.000929. The molecule has 1 heterocycles. The van der Waals surface area contributed by atoms with Crippen molar-refractivity contribution in [3.05, 3.63) is 94.9 Å². The van der Waals surface area contributed by atoms with Crippen LogP contribution in [0.3, 0.4) is 0 Å². The van der Waals surface area contributed by atoms with E-state index in [2.05, 4.69) is 24.0 Å². The third-order valence-electron chi connectivity index (χ3n) is 6.40. The van der Waals surface area contributed by atoms with Crippen LogP contribution in [-0.4, -0.2) is 32.6 Å². The Balaban J connectivity index is 1.86. The average molecular weight is 460 g/mol. The highest BCUT2D eigenvalue weighted by Crippen LogP contribution is 2.48. The van der Waals surface area contributed by atoms with E-state index in [-0.39, 0.29) is 18.3 Å². The number of ether oxygens (including phenoxy) is 3. The molecule has 34 heavy (non-hydrogen) atoms. The third kappa shape index (κ3) is 4.36. The van der Waals surface area contributed by atoms with Crippen LogP contribution in [-0.2, 0) is 14.3 Å². The fourth-order valence-corrected chi connectivity index (χ4v) is 4.86. The molecule has 6 nitrogen and oxygen atoms in total. The van der Waals surface area contributed by atoms with Crippen molar-refractivity contribution in [1.82, 2.24) is 5.32 Å². The number of esters is 1. The molecule has 6 heteroatoms. The van der Waals surface area contributed by atoms with Crippen molar-refractivity contribution in [3.8, 4) is 11.5 Å². The van der Waals surface area contributed by atoms with Crippen LogP contribution in [0.25, 0.3) is 0 Å². The fourth-order valence-electron chi connectivity index (χ4n) is 4.86. The van der Waals surface area contributed by atoms with E-state index in [1.54, 1.807) is 26.4 Å². The number of hydrogen-bond donors (Lipinski definition) is 1. The number of ketones is 1. The Morgan fingerprint density at radius 1 is 1.12 bits per heavy atom. The van der Waals surface area contributed by atoms with Crippen LogP contribution in [0.4, 0.5) is 0 Å². The second kappa shape index (κ2) is 10.00. The van der Waals surface area contributed by atoms with Crippen LogP contribution in [0.5, 0.6) is 11.5 Å². The summed E-state index contributed by atoms with van der Waals surface area (Å²) in [4.78, 5) is 26.9. The molecule has 2 atom stereocenters. The predicted molar refractivity (Wildman–Crippen MR) is 130 cm³/mol. The molecule has 0 saturated carbocycles. The molecule has 2 aromatic carbocycles. The van der Waals surface area contributed by atoms with Gasteiger partial charge in [0.2, 0.25) is 0 Å². The molecule has 1 N–H and O–H groups in total. The Bertz CT molecular complexity index is 1180. The quantitative estimate of drug-likeness (QED) is 0.474. The van der Waals surface area contributed by atoms with E-state index in [0.29, 0.717) is 46.7 Å². The highest BCUT2D eigenvalue weighted by atomic mass is 16.5. The van der Waals surface area contributed by atoms with Gasteiger partial charge in [0.05, 0.1) is 25.7 Å². The van der Waals surface area contributed by atoms with Crippen LogP contribution in [0.2, 0.25) is 0 Å². The first-order chi connectivity index (χ1) is 16.5. The largest absolute Gasteiger partial charge is 0.497 e. The number of carbonyl (C=O) groups excluding carboxylic acids is 2. The maximum absolute atomic E-state index is 13.7. The molecule has 1 aliphatic heterocycles. The van der Waals surface area contributed by atoms with Crippen molar-refractivity contribution in [2.24, 2.45) is 0 Å². The summed E-state index contributed by atoms with van der Waals surface area (Å²) < 4.78 is 16.5.